The predicted molar refractivity (Wildman–Crippen MR) is 80.6 cm³/mol. The molecule has 0 fully saturated rings. The molecule has 6 nitrogen and oxygen atoms in total. The quantitative estimate of drug-likeness (QED) is 0.600. The minimum Gasteiger partial charge on any atom is -0.356 e. The zero-order valence-corrected chi connectivity index (χ0v) is 11.4. The number of hydrogen-bond acceptors (Lipinski definition) is 5. The van der Waals surface area contributed by atoms with Crippen LogP contribution >= 0.6 is 0 Å². The van der Waals surface area contributed by atoms with Gasteiger partial charge in [-0.15, -0.1) is 0 Å². The summed E-state index contributed by atoms with van der Waals surface area (Å²) in [4.78, 5) is 4.22. The summed E-state index contributed by atoms with van der Waals surface area (Å²) in [7, 11) is 0. The monoisotopic (exact) mass is 279 g/mol. The van der Waals surface area contributed by atoms with Gasteiger partial charge in [-0.25, -0.2) is 4.98 Å². The van der Waals surface area contributed by atoms with E-state index in [9.17, 15) is 0 Å². The summed E-state index contributed by atoms with van der Waals surface area (Å²) in [5.41, 5.74) is 3.41. The largest absolute Gasteiger partial charge is 0.356 e. The lowest BCUT2D eigenvalue weighted by Crippen LogP contribution is -1.91. The Hall–Kier alpha value is -2.89. The molecule has 0 unspecified atom stereocenters. The van der Waals surface area contributed by atoms with Crippen LogP contribution in [-0.2, 0) is 6.42 Å². The van der Waals surface area contributed by atoms with Crippen molar-refractivity contribution in [3.8, 4) is 0 Å². The molecule has 0 spiro atoms. The molecule has 0 saturated carbocycles. The fraction of sp³-hybridized carbons (Fsp3) is 0.133. The highest BCUT2D eigenvalue weighted by atomic mass is 16.5. The third-order valence-electron chi connectivity index (χ3n) is 3.48. The molecule has 6 heteroatoms. The first-order chi connectivity index (χ1) is 10.3. The lowest BCUT2D eigenvalue weighted by Gasteiger charge is -2.02. The van der Waals surface area contributed by atoms with Crippen molar-refractivity contribution in [3.63, 3.8) is 0 Å². The van der Waals surface area contributed by atoms with Gasteiger partial charge in [0.1, 0.15) is 0 Å². The van der Waals surface area contributed by atoms with E-state index < -0.39 is 0 Å². The molecule has 0 saturated heterocycles. The highest BCUT2D eigenvalue weighted by Crippen LogP contribution is 2.26. The van der Waals surface area contributed by atoms with Gasteiger partial charge in [0.2, 0.25) is 0 Å². The molecule has 0 amide bonds. The molecule has 3 aromatic heterocycles. The zero-order chi connectivity index (χ0) is 14.2. The molecule has 1 aromatic carbocycles. The van der Waals surface area contributed by atoms with Crippen molar-refractivity contribution >= 4 is 33.5 Å². The van der Waals surface area contributed by atoms with Gasteiger partial charge >= 0.3 is 0 Å². The summed E-state index contributed by atoms with van der Waals surface area (Å²) in [6.07, 6.45) is 2.59. The van der Waals surface area contributed by atoms with E-state index in [1.165, 1.54) is 0 Å². The molecule has 104 valence electrons. The van der Waals surface area contributed by atoms with Crippen LogP contribution in [0.5, 0.6) is 0 Å². The van der Waals surface area contributed by atoms with E-state index in [4.69, 9.17) is 4.52 Å². The van der Waals surface area contributed by atoms with Crippen molar-refractivity contribution in [1.82, 2.24) is 20.3 Å². The maximum absolute atomic E-state index is 5.36. The second kappa shape index (κ2) is 4.59. The van der Waals surface area contributed by atoms with Gasteiger partial charge in [-0.2, -0.15) is 5.10 Å². The van der Waals surface area contributed by atoms with Gasteiger partial charge in [-0.3, -0.25) is 5.10 Å². The predicted octanol–water partition coefficient (Wildman–Crippen LogP) is 3.41. The molecular weight excluding hydrogens is 266 g/mol. The number of aromatic nitrogens is 4. The molecule has 4 aromatic rings. The van der Waals surface area contributed by atoms with E-state index >= 15 is 0 Å². The summed E-state index contributed by atoms with van der Waals surface area (Å²) in [6, 6.07) is 9.79. The number of nitrogens with zero attached hydrogens (tertiary/aromatic N) is 3. The van der Waals surface area contributed by atoms with Crippen molar-refractivity contribution in [2.24, 2.45) is 0 Å². The Morgan fingerprint density at radius 1 is 1.24 bits per heavy atom. The fourth-order valence-electron chi connectivity index (χ4n) is 2.41. The van der Waals surface area contributed by atoms with E-state index in [-0.39, 0.29) is 0 Å². The highest BCUT2D eigenvalue weighted by Gasteiger charge is 2.09. The number of anilines is 2. The topological polar surface area (TPSA) is 79.6 Å². The molecule has 0 aliphatic heterocycles. The van der Waals surface area contributed by atoms with Gasteiger partial charge in [0.15, 0.2) is 17.0 Å². The first-order valence-electron chi connectivity index (χ1n) is 6.79. The number of hydrogen-bond donors (Lipinski definition) is 2. The summed E-state index contributed by atoms with van der Waals surface area (Å²) >= 11 is 0. The van der Waals surface area contributed by atoms with Crippen LogP contribution in [0.25, 0.3) is 22.0 Å². The Kier molecular flexibility index (Phi) is 2.60. The minimum absolute atomic E-state index is 0.743. The number of nitrogens with one attached hydrogen (secondary N) is 2. The summed E-state index contributed by atoms with van der Waals surface area (Å²) < 4.78 is 5.36. The van der Waals surface area contributed by atoms with Gasteiger partial charge in [-0.1, -0.05) is 12.1 Å². The number of pyridine rings is 1. The summed E-state index contributed by atoms with van der Waals surface area (Å²) in [5.74, 6) is 0.743. The summed E-state index contributed by atoms with van der Waals surface area (Å²) in [6.45, 7) is 2.06. The third-order valence-corrected chi connectivity index (χ3v) is 3.48. The van der Waals surface area contributed by atoms with Crippen LogP contribution in [0.2, 0.25) is 0 Å². The van der Waals surface area contributed by atoms with E-state index in [2.05, 4.69) is 32.6 Å². The molecule has 0 bridgehead atoms. The van der Waals surface area contributed by atoms with E-state index in [1.807, 2.05) is 30.3 Å². The molecule has 0 aliphatic carbocycles. The fourth-order valence-corrected chi connectivity index (χ4v) is 2.41. The minimum atomic E-state index is 0.743. The molecule has 21 heavy (non-hydrogen) atoms. The molecular formula is C15H13N5O. The van der Waals surface area contributed by atoms with Crippen molar-refractivity contribution in [3.05, 3.63) is 42.2 Å². The van der Waals surface area contributed by atoms with Gasteiger partial charge in [0, 0.05) is 23.3 Å². The first kappa shape index (κ1) is 11.9. The van der Waals surface area contributed by atoms with E-state index in [1.54, 1.807) is 6.20 Å². The van der Waals surface area contributed by atoms with Crippen molar-refractivity contribution in [1.29, 1.82) is 0 Å². The number of benzene rings is 1. The van der Waals surface area contributed by atoms with Crippen LogP contribution in [0.3, 0.4) is 0 Å². The standard InChI is InChI=1S/C15H13N5O/c1-2-12-10-6-5-9(8-13(10)21-20-12)17-15-11-4-3-7-16-14(11)18-19-15/h3-8H,2H2,1H3,(H2,16,17,18,19). The SMILES string of the molecule is CCc1noc2cc(Nc3n[nH]c4ncccc34)ccc12. The van der Waals surface area contributed by atoms with Crippen LogP contribution in [-0.4, -0.2) is 20.3 Å². The van der Waals surface area contributed by atoms with Crippen LogP contribution in [0.15, 0.2) is 41.1 Å². The molecule has 0 radical (unpaired) electrons. The smallest absolute Gasteiger partial charge is 0.169 e. The van der Waals surface area contributed by atoms with E-state index in [0.717, 1.165) is 45.6 Å². The lowest BCUT2D eigenvalue weighted by molar-refractivity contribution is 0.447. The van der Waals surface area contributed by atoms with Crippen LogP contribution in [0.4, 0.5) is 11.5 Å². The lowest BCUT2D eigenvalue weighted by atomic mass is 10.1. The molecule has 2 N–H and O–H groups in total. The number of rotatable bonds is 3. The Labute approximate surface area is 120 Å². The molecule has 0 atom stereocenters. The first-order valence-corrected chi connectivity index (χ1v) is 6.79. The zero-order valence-electron chi connectivity index (χ0n) is 11.4. The highest BCUT2D eigenvalue weighted by molar-refractivity contribution is 5.90. The normalized spacial score (nSPS) is 11.3. The van der Waals surface area contributed by atoms with Crippen LogP contribution in [0.1, 0.15) is 12.6 Å². The summed E-state index contributed by atoms with van der Waals surface area (Å²) in [5, 5.41) is 16.5. The second-order valence-corrected chi connectivity index (χ2v) is 4.79. The average molecular weight is 279 g/mol. The van der Waals surface area contributed by atoms with Gasteiger partial charge in [0.25, 0.3) is 0 Å². The maximum atomic E-state index is 5.36. The Bertz CT molecular complexity index is 924. The van der Waals surface area contributed by atoms with Crippen LogP contribution in [0, 0.1) is 0 Å². The second-order valence-electron chi connectivity index (χ2n) is 4.79. The maximum Gasteiger partial charge on any atom is 0.169 e. The molecule has 4 rings (SSSR count). The number of aromatic amines is 1. The average Bonchev–Trinajstić information content (AvgIpc) is 3.11. The van der Waals surface area contributed by atoms with Crippen molar-refractivity contribution in [2.45, 2.75) is 13.3 Å². The number of aryl methyl sites for hydroxylation is 1. The van der Waals surface area contributed by atoms with Gasteiger partial charge in [-0.05, 0) is 30.7 Å². The van der Waals surface area contributed by atoms with Gasteiger partial charge < -0.3 is 9.84 Å². The molecule has 3 heterocycles. The van der Waals surface area contributed by atoms with Crippen molar-refractivity contribution in [2.75, 3.05) is 5.32 Å². The number of fused-ring (bicyclic) bond motifs is 2. The van der Waals surface area contributed by atoms with Gasteiger partial charge in [0.05, 0.1) is 11.1 Å². The Morgan fingerprint density at radius 2 is 2.19 bits per heavy atom. The Balaban J connectivity index is 1.73. The molecule has 0 aliphatic rings. The third kappa shape index (κ3) is 1.92. The number of H-pyrrole nitrogens is 1. The van der Waals surface area contributed by atoms with Crippen LogP contribution < -0.4 is 5.32 Å². The van der Waals surface area contributed by atoms with E-state index in [0.29, 0.717) is 0 Å². The van der Waals surface area contributed by atoms with Crippen molar-refractivity contribution < 1.29 is 4.52 Å². The Morgan fingerprint density at radius 3 is 3.10 bits per heavy atom.